The van der Waals surface area contributed by atoms with Gasteiger partial charge in [-0.2, -0.15) is 0 Å². The smallest absolute Gasteiger partial charge is 0.248 e. The van der Waals surface area contributed by atoms with Gasteiger partial charge in [-0.15, -0.1) is 0 Å². The lowest BCUT2D eigenvalue weighted by atomic mass is 10.2. The van der Waals surface area contributed by atoms with E-state index in [0.29, 0.717) is 11.4 Å². The number of amides is 2. The van der Waals surface area contributed by atoms with Gasteiger partial charge in [0.05, 0.1) is 0 Å². The Labute approximate surface area is 135 Å². The molecule has 0 bridgehead atoms. The molecule has 0 aliphatic rings. The summed E-state index contributed by atoms with van der Waals surface area (Å²) < 4.78 is 0. The van der Waals surface area contributed by atoms with Gasteiger partial charge in [0.1, 0.15) is 0 Å². The van der Waals surface area contributed by atoms with Crippen molar-refractivity contribution in [3.05, 3.63) is 60.4 Å². The standard InChI is InChI=1S/C18H19N3O2/c1-13(2)18(23)21-16-8-6-15(7-9-16)20-17(22)10-5-14-4-3-11-19-12-14/h3-13H,1-2H3,(H,20,22)(H,21,23)/b10-5+. The van der Waals surface area contributed by atoms with E-state index in [2.05, 4.69) is 15.6 Å². The van der Waals surface area contributed by atoms with Crippen LogP contribution in [0.15, 0.2) is 54.9 Å². The Morgan fingerprint density at radius 1 is 1.04 bits per heavy atom. The number of hydrogen-bond acceptors (Lipinski definition) is 3. The van der Waals surface area contributed by atoms with Gasteiger partial charge in [0.2, 0.25) is 11.8 Å². The molecule has 1 aromatic heterocycles. The molecule has 0 aliphatic carbocycles. The maximum absolute atomic E-state index is 11.8. The number of aromatic nitrogens is 1. The number of pyridine rings is 1. The summed E-state index contributed by atoms with van der Waals surface area (Å²) in [6, 6.07) is 10.7. The Kier molecular flexibility index (Phi) is 5.63. The fourth-order valence-electron chi connectivity index (χ4n) is 1.75. The lowest BCUT2D eigenvalue weighted by Crippen LogP contribution is -2.17. The number of anilines is 2. The van der Waals surface area contributed by atoms with Crippen LogP contribution in [0.2, 0.25) is 0 Å². The Balaban J connectivity index is 1.91. The summed E-state index contributed by atoms with van der Waals surface area (Å²) in [7, 11) is 0. The maximum Gasteiger partial charge on any atom is 0.248 e. The lowest BCUT2D eigenvalue weighted by Gasteiger charge is -2.08. The summed E-state index contributed by atoms with van der Waals surface area (Å²) in [6.07, 6.45) is 6.50. The van der Waals surface area contributed by atoms with Gasteiger partial charge < -0.3 is 10.6 Å². The van der Waals surface area contributed by atoms with E-state index in [-0.39, 0.29) is 17.7 Å². The molecule has 0 aliphatic heterocycles. The molecule has 5 heteroatoms. The highest BCUT2D eigenvalue weighted by Crippen LogP contribution is 2.14. The first-order valence-electron chi connectivity index (χ1n) is 7.34. The van der Waals surface area contributed by atoms with Crippen molar-refractivity contribution >= 4 is 29.3 Å². The number of nitrogens with one attached hydrogen (secondary N) is 2. The number of carbonyl (C=O) groups is 2. The zero-order chi connectivity index (χ0) is 16.7. The molecule has 1 aromatic carbocycles. The molecular weight excluding hydrogens is 290 g/mol. The first-order chi connectivity index (χ1) is 11.0. The fraction of sp³-hybridized carbons (Fsp3) is 0.167. The summed E-state index contributed by atoms with van der Waals surface area (Å²) in [5.74, 6) is -0.346. The topological polar surface area (TPSA) is 71.1 Å². The number of rotatable bonds is 5. The average molecular weight is 309 g/mol. The van der Waals surface area contributed by atoms with Crippen molar-refractivity contribution in [2.75, 3.05) is 10.6 Å². The largest absolute Gasteiger partial charge is 0.326 e. The second kappa shape index (κ2) is 7.89. The van der Waals surface area contributed by atoms with Crippen LogP contribution in [-0.2, 0) is 9.59 Å². The van der Waals surface area contributed by atoms with E-state index in [1.54, 1.807) is 42.7 Å². The third-order valence-corrected chi connectivity index (χ3v) is 3.06. The molecule has 5 nitrogen and oxygen atoms in total. The van der Waals surface area contributed by atoms with Crippen LogP contribution in [0, 0.1) is 5.92 Å². The zero-order valence-electron chi connectivity index (χ0n) is 13.1. The SMILES string of the molecule is CC(C)C(=O)Nc1ccc(NC(=O)/C=C/c2cccnc2)cc1. The van der Waals surface area contributed by atoms with Gasteiger partial charge in [0.25, 0.3) is 0 Å². The van der Waals surface area contributed by atoms with Crippen molar-refractivity contribution in [3.63, 3.8) is 0 Å². The minimum atomic E-state index is -0.229. The molecule has 23 heavy (non-hydrogen) atoms. The molecule has 2 rings (SSSR count). The average Bonchev–Trinajstić information content (AvgIpc) is 2.55. The van der Waals surface area contributed by atoms with Gasteiger partial charge in [-0.25, -0.2) is 0 Å². The molecule has 118 valence electrons. The number of carbonyl (C=O) groups excluding carboxylic acids is 2. The summed E-state index contributed by atoms with van der Waals surface area (Å²) in [6.45, 7) is 3.66. The summed E-state index contributed by atoms with van der Waals surface area (Å²) in [5, 5.41) is 5.55. The summed E-state index contributed by atoms with van der Waals surface area (Å²) in [4.78, 5) is 27.4. The van der Waals surface area contributed by atoms with E-state index in [1.165, 1.54) is 6.08 Å². The van der Waals surface area contributed by atoms with E-state index in [1.807, 2.05) is 26.0 Å². The van der Waals surface area contributed by atoms with Gasteiger partial charge in [-0.3, -0.25) is 14.6 Å². The monoisotopic (exact) mass is 309 g/mol. The lowest BCUT2D eigenvalue weighted by molar-refractivity contribution is -0.119. The Hall–Kier alpha value is -2.95. The minimum Gasteiger partial charge on any atom is -0.326 e. The highest BCUT2D eigenvalue weighted by Gasteiger charge is 2.06. The zero-order valence-corrected chi connectivity index (χ0v) is 13.1. The predicted molar refractivity (Wildman–Crippen MR) is 91.8 cm³/mol. The predicted octanol–water partition coefficient (Wildman–Crippen LogP) is 3.33. The molecule has 0 spiro atoms. The number of hydrogen-bond donors (Lipinski definition) is 2. The molecule has 0 unspecified atom stereocenters. The second-order valence-corrected chi connectivity index (χ2v) is 5.33. The molecular formula is C18H19N3O2. The molecule has 1 heterocycles. The number of benzene rings is 1. The molecule has 2 amide bonds. The van der Waals surface area contributed by atoms with Crippen LogP contribution in [0.4, 0.5) is 11.4 Å². The highest BCUT2D eigenvalue weighted by molar-refractivity contribution is 6.02. The van der Waals surface area contributed by atoms with Gasteiger partial charge in [0.15, 0.2) is 0 Å². The molecule has 0 saturated heterocycles. The minimum absolute atomic E-state index is 0.0406. The number of nitrogens with zero attached hydrogens (tertiary/aromatic N) is 1. The Bertz CT molecular complexity index is 692. The van der Waals surface area contributed by atoms with Crippen LogP contribution in [0.25, 0.3) is 6.08 Å². The van der Waals surface area contributed by atoms with Crippen molar-refractivity contribution in [1.82, 2.24) is 4.98 Å². The van der Waals surface area contributed by atoms with Crippen LogP contribution >= 0.6 is 0 Å². The second-order valence-electron chi connectivity index (χ2n) is 5.33. The summed E-state index contributed by atoms with van der Waals surface area (Å²) in [5.41, 5.74) is 2.22. The quantitative estimate of drug-likeness (QED) is 0.832. The third kappa shape index (κ3) is 5.39. The Morgan fingerprint density at radius 2 is 1.70 bits per heavy atom. The molecule has 0 radical (unpaired) electrons. The molecule has 0 saturated carbocycles. The first-order valence-corrected chi connectivity index (χ1v) is 7.34. The van der Waals surface area contributed by atoms with Gasteiger partial charge >= 0.3 is 0 Å². The van der Waals surface area contributed by atoms with E-state index >= 15 is 0 Å². The molecule has 2 aromatic rings. The normalized spacial score (nSPS) is 10.7. The van der Waals surface area contributed by atoms with Crippen LogP contribution in [-0.4, -0.2) is 16.8 Å². The molecule has 2 N–H and O–H groups in total. The maximum atomic E-state index is 11.8. The van der Waals surface area contributed by atoms with Crippen LogP contribution < -0.4 is 10.6 Å². The van der Waals surface area contributed by atoms with Gasteiger partial charge in [0, 0.05) is 35.8 Å². The van der Waals surface area contributed by atoms with Crippen molar-refractivity contribution in [1.29, 1.82) is 0 Å². The van der Waals surface area contributed by atoms with Gasteiger partial charge in [-0.05, 0) is 42.0 Å². The highest BCUT2D eigenvalue weighted by atomic mass is 16.2. The van der Waals surface area contributed by atoms with Crippen LogP contribution in [0.3, 0.4) is 0 Å². The van der Waals surface area contributed by atoms with E-state index in [0.717, 1.165) is 5.56 Å². The third-order valence-electron chi connectivity index (χ3n) is 3.06. The van der Waals surface area contributed by atoms with E-state index < -0.39 is 0 Å². The Morgan fingerprint density at radius 3 is 2.26 bits per heavy atom. The first kappa shape index (κ1) is 16.4. The van der Waals surface area contributed by atoms with Crippen molar-refractivity contribution in [2.45, 2.75) is 13.8 Å². The van der Waals surface area contributed by atoms with Crippen molar-refractivity contribution < 1.29 is 9.59 Å². The summed E-state index contributed by atoms with van der Waals surface area (Å²) >= 11 is 0. The molecule has 0 fully saturated rings. The van der Waals surface area contributed by atoms with E-state index in [9.17, 15) is 9.59 Å². The van der Waals surface area contributed by atoms with Crippen molar-refractivity contribution in [3.8, 4) is 0 Å². The molecule has 0 atom stereocenters. The van der Waals surface area contributed by atoms with E-state index in [4.69, 9.17) is 0 Å². The van der Waals surface area contributed by atoms with Crippen LogP contribution in [0.1, 0.15) is 19.4 Å². The van der Waals surface area contributed by atoms with Crippen LogP contribution in [0.5, 0.6) is 0 Å². The van der Waals surface area contributed by atoms with Gasteiger partial charge in [-0.1, -0.05) is 19.9 Å². The van der Waals surface area contributed by atoms with Crippen molar-refractivity contribution in [2.24, 2.45) is 5.92 Å². The fourth-order valence-corrected chi connectivity index (χ4v) is 1.75.